The number of thioether (sulfide) groups is 1. The Morgan fingerprint density at radius 1 is 1.47 bits per heavy atom. The van der Waals surface area contributed by atoms with E-state index in [2.05, 4.69) is 24.9 Å². The highest BCUT2D eigenvalue weighted by Gasteiger charge is 2.29. The van der Waals surface area contributed by atoms with E-state index in [1.165, 1.54) is 5.56 Å². The smallest absolute Gasteiger partial charge is 0.0714 e. The predicted molar refractivity (Wildman–Crippen MR) is 73.5 cm³/mol. The number of fused-ring (bicyclic) bond motifs is 1. The monoisotopic (exact) mass is 251 g/mol. The summed E-state index contributed by atoms with van der Waals surface area (Å²) in [6.07, 6.45) is 3.72. The predicted octanol–water partition coefficient (Wildman–Crippen LogP) is 2.86. The van der Waals surface area contributed by atoms with Gasteiger partial charge in [-0.1, -0.05) is 19.9 Å². The van der Waals surface area contributed by atoms with Gasteiger partial charge in [0, 0.05) is 23.6 Å². The van der Waals surface area contributed by atoms with Crippen LogP contribution in [0.4, 0.5) is 0 Å². The Kier molecular flexibility index (Phi) is 4.46. The number of pyridine rings is 1. The summed E-state index contributed by atoms with van der Waals surface area (Å²) >= 11 is 1.85. The van der Waals surface area contributed by atoms with Crippen LogP contribution in [0.15, 0.2) is 18.3 Å². The van der Waals surface area contributed by atoms with Crippen LogP contribution in [-0.4, -0.2) is 27.7 Å². The minimum atomic E-state index is -0.241. The average Bonchev–Trinajstić information content (AvgIpc) is 2.72. The van der Waals surface area contributed by atoms with Gasteiger partial charge in [-0.25, -0.2) is 0 Å². The van der Waals surface area contributed by atoms with Crippen molar-refractivity contribution in [2.24, 2.45) is 5.92 Å². The molecule has 1 N–H and O–H groups in total. The summed E-state index contributed by atoms with van der Waals surface area (Å²) in [6, 6.07) is 4.12. The van der Waals surface area contributed by atoms with Crippen molar-refractivity contribution in [1.82, 2.24) is 4.98 Å². The molecule has 2 rings (SSSR count). The van der Waals surface area contributed by atoms with Gasteiger partial charge in [0.05, 0.1) is 6.10 Å². The molecule has 2 unspecified atom stereocenters. The first kappa shape index (κ1) is 12.9. The normalized spacial score (nSPS) is 20.6. The molecule has 0 radical (unpaired) electrons. The summed E-state index contributed by atoms with van der Waals surface area (Å²) in [7, 11) is 0. The van der Waals surface area contributed by atoms with E-state index in [4.69, 9.17) is 0 Å². The Bertz CT molecular complexity index is 367. The molecule has 2 nitrogen and oxygen atoms in total. The topological polar surface area (TPSA) is 33.1 Å². The Hall–Kier alpha value is -0.540. The molecule has 1 heterocycles. The van der Waals surface area contributed by atoms with E-state index in [0.717, 1.165) is 30.0 Å². The molecule has 1 aromatic rings. The molecule has 0 saturated heterocycles. The molecule has 94 valence electrons. The molecule has 0 aliphatic heterocycles. The van der Waals surface area contributed by atoms with Gasteiger partial charge >= 0.3 is 0 Å². The Morgan fingerprint density at radius 2 is 2.29 bits per heavy atom. The second-order valence-electron chi connectivity index (χ2n) is 5.19. The number of hydrogen-bond donors (Lipinski definition) is 1. The van der Waals surface area contributed by atoms with E-state index >= 15 is 0 Å². The highest BCUT2D eigenvalue weighted by Crippen LogP contribution is 2.34. The molecule has 2 atom stereocenters. The molecule has 0 spiro atoms. The fraction of sp³-hybridized carbons (Fsp3) is 0.643. The van der Waals surface area contributed by atoms with Crippen molar-refractivity contribution in [3.63, 3.8) is 0 Å². The number of rotatable bonds is 5. The van der Waals surface area contributed by atoms with E-state index in [-0.39, 0.29) is 12.0 Å². The lowest BCUT2D eigenvalue weighted by Gasteiger charge is -2.18. The van der Waals surface area contributed by atoms with E-state index < -0.39 is 0 Å². The fourth-order valence-corrected chi connectivity index (χ4v) is 3.44. The van der Waals surface area contributed by atoms with Crippen molar-refractivity contribution in [2.75, 3.05) is 11.5 Å². The van der Waals surface area contributed by atoms with Crippen molar-refractivity contribution >= 4 is 11.8 Å². The van der Waals surface area contributed by atoms with Crippen LogP contribution in [0.2, 0.25) is 0 Å². The van der Waals surface area contributed by atoms with Crippen LogP contribution in [0.25, 0.3) is 0 Å². The summed E-state index contributed by atoms with van der Waals surface area (Å²) < 4.78 is 0. The van der Waals surface area contributed by atoms with Crippen LogP contribution in [0.5, 0.6) is 0 Å². The third kappa shape index (κ3) is 3.23. The Morgan fingerprint density at radius 3 is 3.06 bits per heavy atom. The van der Waals surface area contributed by atoms with Gasteiger partial charge in [-0.3, -0.25) is 4.98 Å². The van der Waals surface area contributed by atoms with Crippen molar-refractivity contribution in [3.8, 4) is 0 Å². The third-order valence-corrected chi connectivity index (χ3v) is 4.69. The van der Waals surface area contributed by atoms with Gasteiger partial charge < -0.3 is 5.11 Å². The molecule has 0 saturated carbocycles. The number of aliphatic hydroxyl groups excluding tert-OH is 1. The van der Waals surface area contributed by atoms with Gasteiger partial charge in [0.25, 0.3) is 0 Å². The molecule has 0 amide bonds. The fourth-order valence-electron chi connectivity index (χ4n) is 2.36. The SMILES string of the molecule is CC(C)CSCC(O)C1CCc2cccnc21. The number of aryl methyl sites for hydroxylation is 1. The van der Waals surface area contributed by atoms with Crippen molar-refractivity contribution in [2.45, 2.75) is 38.7 Å². The lowest BCUT2D eigenvalue weighted by Crippen LogP contribution is -2.20. The highest BCUT2D eigenvalue weighted by atomic mass is 32.2. The molecule has 1 aliphatic rings. The standard InChI is InChI=1S/C14H21NOS/c1-10(2)8-17-9-13(16)12-6-5-11-4-3-7-15-14(11)12/h3-4,7,10,12-13,16H,5-6,8-9H2,1-2H3. The summed E-state index contributed by atoms with van der Waals surface area (Å²) in [5.41, 5.74) is 2.45. The van der Waals surface area contributed by atoms with Gasteiger partial charge in [-0.2, -0.15) is 11.8 Å². The first-order valence-corrected chi connectivity index (χ1v) is 7.53. The lowest BCUT2D eigenvalue weighted by atomic mass is 10.0. The molecule has 0 aromatic carbocycles. The summed E-state index contributed by atoms with van der Waals surface area (Å²) in [6.45, 7) is 4.43. The minimum absolute atomic E-state index is 0.241. The first-order chi connectivity index (χ1) is 8.18. The van der Waals surface area contributed by atoms with Crippen LogP contribution in [0.3, 0.4) is 0 Å². The van der Waals surface area contributed by atoms with Crippen LogP contribution >= 0.6 is 11.8 Å². The summed E-state index contributed by atoms with van der Waals surface area (Å²) in [5.74, 6) is 2.91. The average molecular weight is 251 g/mol. The molecular weight excluding hydrogens is 230 g/mol. The van der Waals surface area contributed by atoms with Crippen molar-refractivity contribution in [1.29, 1.82) is 0 Å². The Balaban J connectivity index is 1.91. The van der Waals surface area contributed by atoms with Crippen LogP contribution in [0, 0.1) is 5.92 Å². The van der Waals surface area contributed by atoms with Crippen LogP contribution in [-0.2, 0) is 6.42 Å². The van der Waals surface area contributed by atoms with Crippen molar-refractivity contribution < 1.29 is 5.11 Å². The molecule has 1 aromatic heterocycles. The number of nitrogens with zero attached hydrogens (tertiary/aromatic N) is 1. The van der Waals surface area contributed by atoms with Gasteiger partial charge in [-0.05, 0) is 36.1 Å². The maximum absolute atomic E-state index is 10.2. The van der Waals surface area contributed by atoms with Crippen LogP contribution in [0.1, 0.15) is 37.4 Å². The number of aliphatic hydroxyl groups is 1. The van der Waals surface area contributed by atoms with Gasteiger partial charge in [0.2, 0.25) is 0 Å². The molecular formula is C14H21NOS. The van der Waals surface area contributed by atoms with Gasteiger partial charge in [0.1, 0.15) is 0 Å². The van der Waals surface area contributed by atoms with Crippen molar-refractivity contribution in [3.05, 3.63) is 29.6 Å². The maximum atomic E-state index is 10.2. The zero-order valence-electron chi connectivity index (χ0n) is 10.6. The maximum Gasteiger partial charge on any atom is 0.0714 e. The second kappa shape index (κ2) is 5.87. The largest absolute Gasteiger partial charge is 0.392 e. The molecule has 1 aliphatic carbocycles. The lowest BCUT2D eigenvalue weighted by molar-refractivity contribution is 0.165. The quantitative estimate of drug-likeness (QED) is 0.873. The van der Waals surface area contributed by atoms with Gasteiger partial charge in [0.15, 0.2) is 0 Å². The third-order valence-electron chi connectivity index (χ3n) is 3.21. The van der Waals surface area contributed by atoms with Gasteiger partial charge in [-0.15, -0.1) is 0 Å². The van der Waals surface area contributed by atoms with E-state index in [1.807, 2.05) is 24.0 Å². The summed E-state index contributed by atoms with van der Waals surface area (Å²) in [4.78, 5) is 4.44. The first-order valence-electron chi connectivity index (χ1n) is 6.38. The van der Waals surface area contributed by atoms with E-state index in [0.29, 0.717) is 5.92 Å². The van der Waals surface area contributed by atoms with Crippen LogP contribution < -0.4 is 0 Å². The zero-order valence-corrected chi connectivity index (χ0v) is 11.4. The van der Waals surface area contributed by atoms with E-state index in [1.54, 1.807) is 0 Å². The zero-order chi connectivity index (χ0) is 12.3. The molecule has 0 bridgehead atoms. The number of aromatic nitrogens is 1. The minimum Gasteiger partial charge on any atom is -0.392 e. The molecule has 0 fully saturated rings. The molecule has 3 heteroatoms. The number of hydrogen-bond acceptors (Lipinski definition) is 3. The summed E-state index contributed by atoms with van der Waals surface area (Å²) in [5, 5.41) is 10.2. The molecule has 17 heavy (non-hydrogen) atoms. The second-order valence-corrected chi connectivity index (χ2v) is 6.27. The van der Waals surface area contributed by atoms with E-state index in [9.17, 15) is 5.11 Å². The highest BCUT2D eigenvalue weighted by molar-refractivity contribution is 7.99. The Labute approximate surface area is 108 Å².